The number of H-pyrrole nitrogens is 1. The van der Waals surface area contributed by atoms with Gasteiger partial charge in [-0.05, 0) is 32.0 Å². The third-order valence-corrected chi connectivity index (χ3v) is 4.20. The van der Waals surface area contributed by atoms with Crippen LogP contribution in [0.2, 0.25) is 10.2 Å². The summed E-state index contributed by atoms with van der Waals surface area (Å²) >= 11 is 11.6. The maximum Gasteiger partial charge on any atom is 0.272 e. The fourth-order valence-electron chi connectivity index (χ4n) is 2.40. The molecule has 0 aromatic carbocycles. The SMILES string of the molecule is O=C(Nc1cnn(C2CCNCC2)c1)c1cc(Cl)c(Cl)[nH]1. The third-order valence-electron chi connectivity index (χ3n) is 3.51. The second-order valence-electron chi connectivity index (χ2n) is 4.99. The molecule has 8 heteroatoms. The Labute approximate surface area is 131 Å². The van der Waals surface area contributed by atoms with Crippen LogP contribution in [-0.4, -0.2) is 33.8 Å². The highest BCUT2D eigenvalue weighted by atomic mass is 35.5. The van der Waals surface area contributed by atoms with E-state index in [-0.39, 0.29) is 11.1 Å². The zero-order chi connectivity index (χ0) is 14.8. The van der Waals surface area contributed by atoms with E-state index in [1.54, 1.807) is 6.20 Å². The number of aromatic nitrogens is 3. The number of hydrogen-bond acceptors (Lipinski definition) is 3. The predicted molar refractivity (Wildman–Crippen MR) is 82.1 cm³/mol. The molecule has 6 nitrogen and oxygen atoms in total. The Morgan fingerprint density at radius 2 is 2.14 bits per heavy atom. The fourth-order valence-corrected chi connectivity index (χ4v) is 2.71. The van der Waals surface area contributed by atoms with Gasteiger partial charge in [0.05, 0.1) is 22.9 Å². The van der Waals surface area contributed by atoms with E-state index in [0.29, 0.717) is 22.4 Å². The molecule has 1 saturated heterocycles. The molecule has 2 aromatic heterocycles. The minimum absolute atomic E-state index is 0.257. The van der Waals surface area contributed by atoms with Crippen LogP contribution >= 0.6 is 23.2 Å². The molecule has 3 heterocycles. The first-order valence-corrected chi connectivity index (χ1v) is 7.49. The number of carbonyl (C=O) groups is 1. The second-order valence-corrected chi connectivity index (χ2v) is 5.77. The Hall–Kier alpha value is -1.50. The highest BCUT2D eigenvalue weighted by Gasteiger charge is 2.17. The van der Waals surface area contributed by atoms with Gasteiger partial charge >= 0.3 is 0 Å². The van der Waals surface area contributed by atoms with Crippen molar-refractivity contribution >= 4 is 34.8 Å². The molecule has 0 atom stereocenters. The molecule has 21 heavy (non-hydrogen) atoms. The summed E-state index contributed by atoms with van der Waals surface area (Å²) in [6, 6.07) is 1.88. The Balaban J connectivity index is 1.67. The summed E-state index contributed by atoms with van der Waals surface area (Å²) in [6.07, 6.45) is 5.57. The van der Waals surface area contributed by atoms with Gasteiger partial charge in [-0.15, -0.1) is 0 Å². The number of anilines is 1. The first-order chi connectivity index (χ1) is 10.1. The molecule has 0 radical (unpaired) electrons. The van der Waals surface area contributed by atoms with Gasteiger partial charge in [-0.25, -0.2) is 0 Å². The number of carbonyl (C=O) groups excluding carboxylic acids is 1. The van der Waals surface area contributed by atoms with E-state index >= 15 is 0 Å². The van der Waals surface area contributed by atoms with Gasteiger partial charge in [0.1, 0.15) is 10.8 Å². The quantitative estimate of drug-likeness (QED) is 0.811. The number of hydrogen-bond donors (Lipinski definition) is 3. The summed E-state index contributed by atoms with van der Waals surface area (Å²) in [5, 5.41) is 11.0. The van der Waals surface area contributed by atoms with E-state index < -0.39 is 0 Å². The largest absolute Gasteiger partial charge is 0.340 e. The van der Waals surface area contributed by atoms with Crippen molar-refractivity contribution in [3.63, 3.8) is 0 Å². The van der Waals surface area contributed by atoms with Crippen LogP contribution in [0.1, 0.15) is 29.4 Å². The molecular weight excluding hydrogens is 313 g/mol. The van der Waals surface area contributed by atoms with Crippen molar-refractivity contribution in [3.05, 3.63) is 34.3 Å². The lowest BCUT2D eigenvalue weighted by Gasteiger charge is -2.22. The van der Waals surface area contributed by atoms with E-state index in [4.69, 9.17) is 23.2 Å². The summed E-state index contributed by atoms with van der Waals surface area (Å²) in [5.41, 5.74) is 0.972. The lowest BCUT2D eigenvalue weighted by atomic mass is 10.1. The number of amides is 1. The van der Waals surface area contributed by atoms with Crippen molar-refractivity contribution in [1.29, 1.82) is 0 Å². The van der Waals surface area contributed by atoms with Crippen LogP contribution in [0.3, 0.4) is 0 Å². The molecule has 1 aliphatic rings. The molecule has 0 saturated carbocycles. The average molecular weight is 328 g/mol. The molecule has 1 aliphatic heterocycles. The summed E-state index contributed by atoms with van der Waals surface area (Å²) in [4.78, 5) is 14.8. The van der Waals surface area contributed by atoms with Gasteiger partial charge < -0.3 is 15.6 Å². The molecule has 1 fully saturated rings. The van der Waals surface area contributed by atoms with Crippen LogP contribution in [-0.2, 0) is 0 Å². The van der Waals surface area contributed by atoms with Crippen LogP contribution in [0.15, 0.2) is 18.5 Å². The Morgan fingerprint density at radius 3 is 2.81 bits per heavy atom. The molecule has 0 bridgehead atoms. The first kappa shape index (κ1) is 14.4. The van der Waals surface area contributed by atoms with Gasteiger partial charge in [-0.2, -0.15) is 5.10 Å². The van der Waals surface area contributed by atoms with Gasteiger partial charge in [0, 0.05) is 6.20 Å². The molecule has 0 spiro atoms. The zero-order valence-electron chi connectivity index (χ0n) is 11.2. The van der Waals surface area contributed by atoms with Gasteiger partial charge in [0.15, 0.2) is 0 Å². The van der Waals surface area contributed by atoms with Gasteiger partial charge in [0.2, 0.25) is 0 Å². The molecule has 112 valence electrons. The molecule has 3 N–H and O–H groups in total. The van der Waals surface area contributed by atoms with Crippen molar-refractivity contribution in [3.8, 4) is 0 Å². The number of nitrogens with zero attached hydrogens (tertiary/aromatic N) is 2. The lowest BCUT2D eigenvalue weighted by Crippen LogP contribution is -2.29. The Bertz CT molecular complexity index is 625. The van der Waals surface area contributed by atoms with Crippen LogP contribution < -0.4 is 10.6 Å². The van der Waals surface area contributed by atoms with E-state index in [9.17, 15) is 4.79 Å². The summed E-state index contributed by atoms with van der Waals surface area (Å²) < 4.78 is 1.91. The van der Waals surface area contributed by atoms with E-state index in [2.05, 4.69) is 20.7 Å². The fraction of sp³-hybridized carbons (Fsp3) is 0.385. The Kier molecular flexibility index (Phi) is 4.19. The first-order valence-electron chi connectivity index (χ1n) is 6.73. The number of rotatable bonds is 3. The van der Waals surface area contributed by atoms with Gasteiger partial charge in [-0.1, -0.05) is 23.2 Å². The number of halogens is 2. The van der Waals surface area contributed by atoms with Gasteiger partial charge in [0.25, 0.3) is 5.91 Å². The maximum absolute atomic E-state index is 12.1. The summed E-state index contributed by atoms with van der Waals surface area (Å²) in [7, 11) is 0. The number of nitrogens with one attached hydrogen (secondary N) is 3. The van der Waals surface area contributed by atoms with E-state index in [1.807, 2.05) is 10.9 Å². The molecule has 3 rings (SSSR count). The van der Waals surface area contributed by atoms with Crippen molar-refractivity contribution in [1.82, 2.24) is 20.1 Å². The summed E-state index contributed by atoms with van der Waals surface area (Å²) in [6.45, 7) is 1.98. The zero-order valence-corrected chi connectivity index (χ0v) is 12.7. The smallest absolute Gasteiger partial charge is 0.272 e. The minimum Gasteiger partial charge on any atom is -0.340 e. The van der Waals surface area contributed by atoms with Crippen molar-refractivity contribution in [2.75, 3.05) is 18.4 Å². The standard InChI is InChI=1S/C13H15Cl2N5O/c14-10-5-11(19-12(10)15)13(21)18-8-6-17-20(7-8)9-1-3-16-4-2-9/h5-7,9,16,19H,1-4H2,(H,18,21). The predicted octanol–water partition coefficient (Wildman–Crippen LogP) is 2.69. The van der Waals surface area contributed by atoms with E-state index in [0.717, 1.165) is 25.9 Å². The van der Waals surface area contributed by atoms with Crippen molar-refractivity contribution in [2.45, 2.75) is 18.9 Å². The number of aromatic amines is 1. The summed E-state index contributed by atoms with van der Waals surface area (Å²) in [5.74, 6) is -0.298. The molecular formula is C13H15Cl2N5O. The second kappa shape index (κ2) is 6.09. The molecule has 0 aliphatic carbocycles. The van der Waals surface area contributed by atoms with Crippen molar-refractivity contribution in [2.24, 2.45) is 0 Å². The highest BCUT2D eigenvalue weighted by molar-refractivity contribution is 6.41. The van der Waals surface area contributed by atoms with Gasteiger partial charge in [-0.3, -0.25) is 9.48 Å². The highest BCUT2D eigenvalue weighted by Crippen LogP contribution is 2.23. The lowest BCUT2D eigenvalue weighted by molar-refractivity contribution is 0.102. The maximum atomic E-state index is 12.1. The van der Waals surface area contributed by atoms with Crippen LogP contribution in [0.5, 0.6) is 0 Å². The number of piperidine rings is 1. The van der Waals surface area contributed by atoms with Crippen molar-refractivity contribution < 1.29 is 4.79 Å². The van der Waals surface area contributed by atoms with Crippen LogP contribution in [0.4, 0.5) is 5.69 Å². The normalized spacial score (nSPS) is 16.1. The topological polar surface area (TPSA) is 74.7 Å². The van der Waals surface area contributed by atoms with E-state index in [1.165, 1.54) is 6.07 Å². The third kappa shape index (κ3) is 3.23. The minimum atomic E-state index is -0.298. The monoisotopic (exact) mass is 327 g/mol. The van der Waals surface area contributed by atoms with Crippen LogP contribution in [0.25, 0.3) is 0 Å². The molecule has 0 unspecified atom stereocenters. The Morgan fingerprint density at radius 1 is 1.38 bits per heavy atom. The molecule has 1 amide bonds. The molecule has 2 aromatic rings. The average Bonchev–Trinajstić information content (AvgIpc) is 3.08. The van der Waals surface area contributed by atoms with Crippen LogP contribution in [0, 0.1) is 0 Å².